The molecule has 0 spiro atoms. The number of alkyl carbamates (subject to hydrolysis) is 1. The van der Waals surface area contributed by atoms with E-state index in [9.17, 15) is 9.90 Å². The van der Waals surface area contributed by atoms with E-state index in [0.29, 0.717) is 23.2 Å². The molecule has 7 heteroatoms. The van der Waals surface area contributed by atoms with Crippen LogP contribution in [-0.2, 0) is 4.74 Å². The molecule has 0 bridgehead atoms. The van der Waals surface area contributed by atoms with Crippen molar-refractivity contribution in [1.29, 1.82) is 0 Å². The molecule has 1 aliphatic rings. The van der Waals surface area contributed by atoms with Crippen LogP contribution in [0.4, 0.5) is 4.79 Å². The van der Waals surface area contributed by atoms with Gasteiger partial charge in [0.05, 0.1) is 24.2 Å². The van der Waals surface area contributed by atoms with Gasteiger partial charge in [-0.15, -0.1) is 12.4 Å². The maximum atomic E-state index is 11.1. The Bertz CT molecular complexity index is 455. The number of amides is 1. The molecule has 1 aliphatic heterocycles. The fourth-order valence-electron chi connectivity index (χ4n) is 1.73. The van der Waals surface area contributed by atoms with Gasteiger partial charge >= 0.3 is 6.09 Å². The van der Waals surface area contributed by atoms with Gasteiger partial charge in [0, 0.05) is 6.42 Å². The van der Waals surface area contributed by atoms with Crippen molar-refractivity contribution < 1.29 is 19.4 Å². The number of carbonyl (C=O) groups excluding carboxylic acids is 1. The number of aromatic hydroxyl groups is 1. The van der Waals surface area contributed by atoms with Gasteiger partial charge in [0.2, 0.25) is 0 Å². The van der Waals surface area contributed by atoms with E-state index in [1.807, 2.05) is 0 Å². The van der Waals surface area contributed by atoms with Crippen molar-refractivity contribution in [2.75, 3.05) is 13.7 Å². The number of hydrogen-bond acceptors (Lipinski definition) is 4. The van der Waals surface area contributed by atoms with Crippen LogP contribution < -0.4 is 10.1 Å². The second-order valence-corrected chi connectivity index (χ2v) is 4.53. The van der Waals surface area contributed by atoms with Crippen LogP contribution in [0.15, 0.2) is 16.6 Å². The van der Waals surface area contributed by atoms with Gasteiger partial charge in [-0.3, -0.25) is 0 Å². The third kappa shape index (κ3) is 3.00. The lowest BCUT2D eigenvalue weighted by Gasteiger charge is -2.24. The molecule has 18 heavy (non-hydrogen) atoms. The van der Waals surface area contributed by atoms with Crippen LogP contribution in [0.5, 0.6) is 11.5 Å². The summed E-state index contributed by atoms with van der Waals surface area (Å²) in [6.45, 7) is 0.386. The summed E-state index contributed by atoms with van der Waals surface area (Å²) < 4.78 is 10.4. The van der Waals surface area contributed by atoms with Gasteiger partial charge in [0.15, 0.2) is 11.5 Å². The summed E-state index contributed by atoms with van der Waals surface area (Å²) in [5.41, 5.74) is 0.864. The van der Waals surface area contributed by atoms with Gasteiger partial charge in [-0.1, -0.05) is 0 Å². The van der Waals surface area contributed by atoms with Crippen molar-refractivity contribution in [2.45, 2.75) is 12.5 Å². The zero-order valence-electron chi connectivity index (χ0n) is 9.60. The van der Waals surface area contributed by atoms with E-state index in [1.54, 1.807) is 12.1 Å². The Balaban J connectivity index is 0.00000162. The number of phenolic OH excluding ortho intramolecular Hbond substituents is 1. The molecule has 0 aromatic heterocycles. The summed E-state index contributed by atoms with van der Waals surface area (Å²) in [5.74, 6) is 0.421. The van der Waals surface area contributed by atoms with E-state index in [2.05, 4.69) is 21.2 Å². The molecule has 2 rings (SSSR count). The van der Waals surface area contributed by atoms with Crippen LogP contribution in [0, 0.1) is 0 Å². The molecular weight excluding hydrogens is 325 g/mol. The Labute approximate surface area is 119 Å². The summed E-state index contributed by atoms with van der Waals surface area (Å²) in [4.78, 5) is 11.1. The van der Waals surface area contributed by atoms with Crippen LogP contribution in [0.3, 0.4) is 0 Å². The molecule has 1 aromatic carbocycles. The molecule has 1 saturated heterocycles. The second-order valence-electron chi connectivity index (χ2n) is 3.68. The first-order valence-electron chi connectivity index (χ1n) is 5.11. The number of carbonyl (C=O) groups is 1. The van der Waals surface area contributed by atoms with E-state index in [4.69, 9.17) is 9.47 Å². The number of methoxy groups -OCH3 is 1. The zero-order valence-corrected chi connectivity index (χ0v) is 12.0. The van der Waals surface area contributed by atoms with Gasteiger partial charge in [-0.05, 0) is 33.6 Å². The summed E-state index contributed by atoms with van der Waals surface area (Å²) in [6, 6.07) is 3.34. The first kappa shape index (κ1) is 14.9. The lowest BCUT2D eigenvalue weighted by Crippen LogP contribution is -2.35. The predicted octanol–water partition coefficient (Wildman–Crippen LogP) is 2.76. The lowest BCUT2D eigenvalue weighted by atomic mass is 10.0. The molecule has 1 heterocycles. The number of halogens is 2. The van der Waals surface area contributed by atoms with Crippen molar-refractivity contribution in [3.8, 4) is 11.5 Å². The monoisotopic (exact) mass is 337 g/mol. The molecule has 5 nitrogen and oxygen atoms in total. The molecule has 0 aliphatic carbocycles. The van der Waals surface area contributed by atoms with Crippen molar-refractivity contribution >= 4 is 34.4 Å². The Kier molecular flexibility index (Phi) is 5.10. The average molecular weight is 339 g/mol. The number of hydrogen-bond donors (Lipinski definition) is 2. The molecule has 100 valence electrons. The lowest BCUT2D eigenvalue weighted by molar-refractivity contribution is 0.115. The molecule has 1 aromatic rings. The molecule has 0 saturated carbocycles. The van der Waals surface area contributed by atoms with Crippen molar-refractivity contribution in [2.24, 2.45) is 0 Å². The summed E-state index contributed by atoms with van der Waals surface area (Å²) >= 11 is 3.25. The summed E-state index contributed by atoms with van der Waals surface area (Å²) in [7, 11) is 1.48. The number of phenols is 1. The van der Waals surface area contributed by atoms with E-state index in [0.717, 1.165) is 5.56 Å². The fraction of sp³-hybridized carbons (Fsp3) is 0.364. The number of rotatable bonds is 2. The average Bonchev–Trinajstić information content (AvgIpc) is 2.32. The van der Waals surface area contributed by atoms with Crippen LogP contribution >= 0.6 is 28.3 Å². The Morgan fingerprint density at radius 2 is 2.28 bits per heavy atom. The third-order valence-corrected chi connectivity index (χ3v) is 3.21. The standard InChI is InChI=1S/C11H12BrNO4.ClH/c1-16-9-5-6(4-7(12)10(9)14)8-2-3-17-11(15)13-8;/h4-5,8,14H,2-3H2,1H3,(H,13,15);1H/t8-;/m0./s1. The minimum absolute atomic E-state index is 0. The first-order valence-corrected chi connectivity index (χ1v) is 5.91. The van der Waals surface area contributed by atoms with Gasteiger partial charge in [0.1, 0.15) is 0 Å². The minimum atomic E-state index is -0.426. The highest BCUT2D eigenvalue weighted by molar-refractivity contribution is 9.10. The van der Waals surface area contributed by atoms with Gasteiger partial charge in [-0.25, -0.2) is 4.79 Å². The fourth-order valence-corrected chi connectivity index (χ4v) is 2.19. The van der Waals surface area contributed by atoms with Crippen LogP contribution in [0.2, 0.25) is 0 Å². The number of nitrogens with one attached hydrogen (secondary N) is 1. The summed E-state index contributed by atoms with van der Waals surface area (Å²) in [5, 5.41) is 12.4. The second kappa shape index (κ2) is 6.15. The topological polar surface area (TPSA) is 67.8 Å². The summed E-state index contributed by atoms with van der Waals surface area (Å²) in [6.07, 6.45) is 0.260. The van der Waals surface area contributed by atoms with Crippen molar-refractivity contribution in [3.63, 3.8) is 0 Å². The molecular formula is C11H13BrClNO4. The van der Waals surface area contributed by atoms with Crippen LogP contribution in [0.25, 0.3) is 0 Å². The Hall–Kier alpha value is -1.14. The van der Waals surface area contributed by atoms with E-state index >= 15 is 0 Å². The third-order valence-electron chi connectivity index (χ3n) is 2.60. The van der Waals surface area contributed by atoms with Crippen LogP contribution in [0.1, 0.15) is 18.0 Å². The van der Waals surface area contributed by atoms with Crippen molar-refractivity contribution in [1.82, 2.24) is 5.32 Å². The maximum absolute atomic E-state index is 11.1. The molecule has 0 unspecified atom stereocenters. The van der Waals surface area contributed by atoms with Crippen molar-refractivity contribution in [3.05, 3.63) is 22.2 Å². The molecule has 1 amide bonds. The Morgan fingerprint density at radius 1 is 1.56 bits per heavy atom. The minimum Gasteiger partial charge on any atom is -0.503 e. The molecule has 1 atom stereocenters. The van der Waals surface area contributed by atoms with Crippen LogP contribution in [-0.4, -0.2) is 24.9 Å². The van der Waals surface area contributed by atoms with E-state index in [-0.39, 0.29) is 24.2 Å². The predicted molar refractivity (Wildman–Crippen MR) is 71.4 cm³/mol. The van der Waals surface area contributed by atoms with E-state index < -0.39 is 6.09 Å². The van der Waals surface area contributed by atoms with Gasteiger partial charge in [-0.2, -0.15) is 0 Å². The number of cyclic esters (lactones) is 1. The Morgan fingerprint density at radius 3 is 2.89 bits per heavy atom. The molecule has 1 fully saturated rings. The normalized spacial score (nSPS) is 18.3. The molecule has 2 N–H and O–H groups in total. The SMILES string of the molecule is COc1cc([C@@H]2CCOC(=O)N2)cc(Br)c1O.Cl. The largest absolute Gasteiger partial charge is 0.503 e. The van der Waals surface area contributed by atoms with Gasteiger partial charge in [0.25, 0.3) is 0 Å². The highest BCUT2D eigenvalue weighted by atomic mass is 79.9. The molecule has 0 radical (unpaired) electrons. The quantitative estimate of drug-likeness (QED) is 0.870. The van der Waals surface area contributed by atoms with E-state index in [1.165, 1.54) is 7.11 Å². The first-order chi connectivity index (χ1) is 8.11. The smallest absolute Gasteiger partial charge is 0.407 e. The highest BCUT2D eigenvalue weighted by Gasteiger charge is 2.22. The number of benzene rings is 1. The van der Waals surface area contributed by atoms with Gasteiger partial charge < -0.3 is 19.9 Å². The maximum Gasteiger partial charge on any atom is 0.407 e. The number of ether oxygens (including phenoxy) is 2. The zero-order chi connectivity index (χ0) is 12.4. The highest BCUT2D eigenvalue weighted by Crippen LogP contribution is 2.37.